The smallest absolute Gasteiger partial charge is 0.193 e. The van der Waals surface area contributed by atoms with Gasteiger partial charge in [-0.2, -0.15) is 0 Å². The Morgan fingerprint density at radius 2 is 1.03 bits per heavy atom. The summed E-state index contributed by atoms with van der Waals surface area (Å²) in [5, 5.41) is 0. The van der Waals surface area contributed by atoms with Gasteiger partial charge in [-0.05, 0) is 11.1 Å². The normalized spacial score (nSPS) is 18.4. The minimum absolute atomic E-state index is 0.0785. The Kier molecular flexibility index (Phi) is 8.25. The third-order valence-electron chi connectivity index (χ3n) is 5.20. The first kappa shape index (κ1) is 21.9. The van der Waals surface area contributed by atoms with E-state index in [9.17, 15) is 4.79 Å². The number of nitrogens with zero attached hydrogens (tertiary/aromatic N) is 2. The maximum absolute atomic E-state index is 12.8. The third kappa shape index (κ3) is 6.33. The quantitative estimate of drug-likeness (QED) is 0.452. The van der Waals surface area contributed by atoms with Gasteiger partial charge in [0.2, 0.25) is 0 Å². The fraction of sp³-hybridized carbons (Fsp3) is 0.435. The highest BCUT2D eigenvalue weighted by Gasteiger charge is 2.13. The van der Waals surface area contributed by atoms with Gasteiger partial charge in [-0.3, -0.25) is 4.79 Å². The van der Waals surface area contributed by atoms with Crippen molar-refractivity contribution in [2.45, 2.75) is 11.5 Å². The first-order chi connectivity index (χ1) is 14.8. The summed E-state index contributed by atoms with van der Waals surface area (Å²) in [6.07, 6.45) is 0. The van der Waals surface area contributed by atoms with E-state index in [1.165, 1.54) is 11.1 Å². The fourth-order valence-electron chi connectivity index (χ4n) is 3.35. The molecule has 30 heavy (non-hydrogen) atoms. The van der Waals surface area contributed by atoms with Crippen molar-refractivity contribution in [3.8, 4) is 0 Å². The molecule has 2 fully saturated rings. The van der Waals surface area contributed by atoms with Crippen molar-refractivity contribution >= 4 is 29.7 Å². The fourth-order valence-corrected chi connectivity index (χ4v) is 5.22. The van der Waals surface area contributed by atoms with Crippen molar-refractivity contribution in [1.82, 2.24) is 8.61 Å². The predicted molar refractivity (Wildman–Crippen MR) is 124 cm³/mol. The summed E-state index contributed by atoms with van der Waals surface area (Å²) in [5.41, 5.74) is 3.95. The van der Waals surface area contributed by atoms with E-state index in [1.807, 2.05) is 48.2 Å². The second-order valence-corrected chi connectivity index (χ2v) is 9.48. The number of rotatable bonds is 8. The first-order valence-corrected chi connectivity index (χ1v) is 12.3. The molecule has 4 rings (SSSR count). The summed E-state index contributed by atoms with van der Waals surface area (Å²) in [6.45, 7) is 7.14. The van der Waals surface area contributed by atoms with Gasteiger partial charge in [-0.15, -0.1) is 0 Å². The van der Waals surface area contributed by atoms with Crippen LogP contribution in [0.2, 0.25) is 0 Å². The number of ether oxygens (including phenoxy) is 2. The number of hydrogen-bond acceptors (Lipinski definition) is 7. The van der Waals surface area contributed by atoms with Crippen molar-refractivity contribution in [3.05, 3.63) is 70.8 Å². The summed E-state index contributed by atoms with van der Waals surface area (Å²) in [4.78, 5) is 12.8. The third-order valence-corrected chi connectivity index (χ3v) is 7.59. The van der Waals surface area contributed by atoms with Crippen molar-refractivity contribution in [2.24, 2.45) is 0 Å². The average Bonchev–Trinajstić information content (AvgIpc) is 2.83. The number of hydrogen-bond donors (Lipinski definition) is 0. The van der Waals surface area contributed by atoms with E-state index >= 15 is 0 Å². The van der Waals surface area contributed by atoms with Crippen LogP contribution in [-0.4, -0.2) is 67.0 Å². The van der Waals surface area contributed by atoms with Crippen molar-refractivity contribution in [3.63, 3.8) is 0 Å². The van der Waals surface area contributed by atoms with Gasteiger partial charge in [0.15, 0.2) is 5.78 Å². The molecule has 0 spiro atoms. The topological polar surface area (TPSA) is 42.0 Å². The van der Waals surface area contributed by atoms with Gasteiger partial charge in [0, 0.05) is 48.8 Å². The van der Waals surface area contributed by atoms with Crippen molar-refractivity contribution in [1.29, 1.82) is 0 Å². The molecule has 2 aliphatic rings. The van der Waals surface area contributed by atoms with Gasteiger partial charge in [0.05, 0.1) is 26.4 Å². The van der Waals surface area contributed by atoms with Crippen LogP contribution in [0.1, 0.15) is 27.0 Å². The molecule has 2 saturated heterocycles. The zero-order valence-electron chi connectivity index (χ0n) is 17.1. The predicted octanol–water partition coefficient (Wildman–Crippen LogP) is 3.88. The molecule has 0 atom stereocenters. The summed E-state index contributed by atoms with van der Waals surface area (Å²) in [7, 11) is 0. The van der Waals surface area contributed by atoms with Gasteiger partial charge < -0.3 is 9.47 Å². The average molecular weight is 445 g/mol. The second-order valence-electron chi connectivity index (χ2n) is 7.35. The van der Waals surface area contributed by atoms with Crippen LogP contribution in [0.4, 0.5) is 0 Å². The largest absolute Gasteiger partial charge is 0.379 e. The lowest BCUT2D eigenvalue weighted by Gasteiger charge is -2.25. The standard InChI is InChI=1S/C23H28N2O3S2/c26-23(21-5-1-19(2-6-21)17-29-24-9-13-27-14-10-24)22-7-3-20(4-8-22)18-30-25-11-15-28-16-12-25/h1-8H,9-18H2. The monoisotopic (exact) mass is 444 g/mol. The molecule has 0 aromatic heterocycles. The van der Waals surface area contributed by atoms with Gasteiger partial charge in [0.1, 0.15) is 0 Å². The summed E-state index contributed by atoms with van der Waals surface area (Å²) in [6, 6.07) is 16.0. The van der Waals surface area contributed by atoms with Crippen LogP contribution in [0, 0.1) is 0 Å². The molecule has 2 aliphatic heterocycles. The van der Waals surface area contributed by atoms with Crippen molar-refractivity contribution in [2.75, 3.05) is 52.6 Å². The van der Waals surface area contributed by atoms with Gasteiger partial charge >= 0.3 is 0 Å². The van der Waals surface area contributed by atoms with Crippen LogP contribution < -0.4 is 0 Å². The summed E-state index contributed by atoms with van der Waals surface area (Å²) < 4.78 is 15.5. The van der Waals surface area contributed by atoms with E-state index in [2.05, 4.69) is 32.9 Å². The zero-order valence-corrected chi connectivity index (χ0v) is 18.8. The molecule has 0 aliphatic carbocycles. The Morgan fingerprint density at radius 1 is 0.667 bits per heavy atom. The molecule has 0 N–H and O–H groups in total. The molecule has 160 valence electrons. The highest BCUT2D eigenvalue weighted by Crippen LogP contribution is 2.21. The van der Waals surface area contributed by atoms with E-state index in [4.69, 9.17) is 9.47 Å². The maximum atomic E-state index is 12.8. The van der Waals surface area contributed by atoms with E-state index in [0.717, 1.165) is 75.2 Å². The van der Waals surface area contributed by atoms with Crippen LogP contribution in [0.25, 0.3) is 0 Å². The molecule has 0 amide bonds. The van der Waals surface area contributed by atoms with Gasteiger partial charge in [-0.1, -0.05) is 72.4 Å². The lowest BCUT2D eigenvalue weighted by Crippen LogP contribution is -2.31. The van der Waals surface area contributed by atoms with Crippen LogP contribution in [0.3, 0.4) is 0 Å². The van der Waals surface area contributed by atoms with Crippen LogP contribution in [0.15, 0.2) is 48.5 Å². The molecular formula is C23H28N2O3S2. The van der Waals surface area contributed by atoms with Crippen LogP contribution in [0.5, 0.6) is 0 Å². The second kappa shape index (κ2) is 11.3. The molecule has 0 radical (unpaired) electrons. The molecule has 2 aromatic carbocycles. The molecule has 0 bridgehead atoms. The number of benzene rings is 2. The lowest BCUT2D eigenvalue weighted by atomic mass is 10.0. The van der Waals surface area contributed by atoms with Crippen LogP contribution >= 0.6 is 23.9 Å². The molecule has 0 saturated carbocycles. The maximum Gasteiger partial charge on any atom is 0.193 e. The SMILES string of the molecule is O=C(c1ccc(CSN2CCOCC2)cc1)c1ccc(CSN2CCOCC2)cc1. The first-order valence-electron chi connectivity index (χ1n) is 10.4. The number of ketones is 1. The van der Waals surface area contributed by atoms with E-state index in [1.54, 1.807) is 0 Å². The lowest BCUT2D eigenvalue weighted by molar-refractivity contribution is 0.0772. The number of carbonyl (C=O) groups excluding carboxylic acids is 1. The summed E-state index contributed by atoms with van der Waals surface area (Å²) >= 11 is 3.67. The molecule has 2 heterocycles. The van der Waals surface area contributed by atoms with Gasteiger partial charge in [-0.25, -0.2) is 8.61 Å². The van der Waals surface area contributed by atoms with E-state index in [-0.39, 0.29) is 5.78 Å². The molecule has 5 nitrogen and oxygen atoms in total. The minimum atomic E-state index is 0.0785. The minimum Gasteiger partial charge on any atom is -0.379 e. The summed E-state index contributed by atoms with van der Waals surface area (Å²) in [5.74, 6) is 1.92. The Morgan fingerprint density at radius 3 is 1.40 bits per heavy atom. The Bertz CT molecular complexity index is 735. The Labute approximate surface area is 187 Å². The zero-order chi connectivity index (χ0) is 20.6. The Hall–Kier alpha value is -1.35. The molecule has 2 aromatic rings. The van der Waals surface area contributed by atoms with Gasteiger partial charge in [0.25, 0.3) is 0 Å². The molecule has 7 heteroatoms. The van der Waals surface area contributed by atoms with E-state index < -0.39 is 0 Å². The van der Waals surface area contributed by atoms with Crippen molar-refractivity contribution < 1.29 is 14.3 Å². The highest BCUT2D eigenvalue weighted by molar-refractivity contribution is 7.96. The number of morpholine rings is 2. The molecule has 0 unspecified atom stereocenters. The molecular weight excluding hydrogens is 416 g/mol. The van der Waals surface area contributed by atoms with E-state index in [0.29, 0.717) is 0 Å². The Balaban J connectivity index is 1.27. The van der Waals surface area contributed by atoms with Crippen LogP contribution in [-0.2, 0) is 21.0 Å². The number of carbonyl (C=O) groups is 1. The highest BCUT2D eigenvalue weighted by atomic mass is 32.2.